The maximum absolute atomic E-state index is 11.7. The van der Waals surface area contributed by atoms with Crippen molar-refractivity contribution in [1.82, 2.24) is 15.0 Å². The van der Waals surface area contributed by atoms with E-state index >= 15 is 0 Å². The Labute approximate surface area is 155 Å². The molecule has 2 aliphatic rings. The van der Waals surface area contributed by atoms with Crippen LogP contribution in [0.4, 0.5) is 11.6 Å². The van der Waals surface area contributed by atoms with Gasteiger partial charge in [-0.2, -0.15) is 0 Å². The molecule has 5 nitrogen and oxygen atoms in total. The lowest BCUT2D eigenvalue weighted by molar-refractivity contribution is 0.600. The lowest BCUT2D eigenvalue weighted by Crippen LogP contribution is -2.21. The van der Waals surface area contributed by atoms with Crippen LogP contribution < -0.4 is 4.90 Å². The van der Waals surface area contributed by atoms with E-state index in [1.807, 2.05) is 18.2 Å². The molecule has 26 heavy (non-hydrogen) atoms. The normalized spacial score (nSPS) is 18.0. The van der Waals surface area contributed by atoms with Crippen molar-refractivity contribution in [2.75, 3.05) is 17.7 Å². The number of fused-ring (bicyclic) bond motifs is 2. The zero-order valence-corrected chi connectivity index (χ0v) is 15.2. The Morgan fingerprint density at radius 3 is 2.73 bits per heavy atom. The molecule has 0 saturated heterocycles. The van der Waals surface area contributed by atoms with Crippen molar-refractivity contribution in [1.29, 1.82) is 0 Å². The van der Waals surface area contributed by atoms with Gasteiger partial charge in [-0.05, 0) is 41.7 Å². The van der Waals surface area contributed by atoms with Crippen LogP contribution in [0.3, 0.4) is 0 Å². The third-order valence-corrected chi connectivity index (χ3v) is 6.18. The summed E-state index contributed by atoms with van der Waals surface area (Å²) in [6.07, 6.45) is 9.36. The van der Waals surface area contributed by atoms with Crippen molar-refractivity contribution in [3.8, 4) is 11.3 Å². The van der Waals surface area contributed by atoms with Crippen molar-refractivity contribution in [3.05, 3.63) is 60.6 Å². The van der Waals surface area contributed by atoms with E-state index in [1.54, 1.807) is 30.9 Å². The van der Waals surface area contributed by atoms with Crippen molar-refractivity contribution in [3.63, 3.8) is 0 Å². The summed E-state index contributed by atoms with van der Waals surface area (Å²) in [5.41, 5.74) is 4.40. The lowest BCUT2D eigenvalue weighted by Gasteiger charge is -2.17. The number of hydrogen-bond donors (Lipinski definition) is 0. The molecule has 1 radical (unpaired) electrons. The fourth-order valence-corrected chi connectivity index (χ4v) is 4.19. The third kappa shape index (κ3) is 2.48. The summed E-state index contributed by atoms with van der Waals surface area (Å²) < 4.78 is 11.7. The Kier molecular flexibility index (Phi) is 3.52. The Balaban J connectivity index is 1.47. The van der Waals surface area contributed by atoms with Crippen LogP contribution in [0.15, 0.2) is 53.8 Å². The Morgan fingerprint density at radius 1 is 1.19 bits per heavy atom. The zero-order valence-electron chi connectivity index (χ0n) is 14.3. The molecule has 2 aromatic heterocycles. The van der Waals surface area contributed by atoms with Crippen LogP contribution >= 0.6 is 0 Å². The third-order valence-electron chi connectivity index (χ3n) is 5.26. The van der Waals surface area contributed by atoms with Crippen LogP contribution in [0.5, 0.6) is 0 Å². The quantitative estimate of drug-likeness (QED) is 0.670. The molecule has 129 valence electrons. The van der Waals surface area contributed by atoms with E-state index in [4.69, 9.17) is 0 Å². The van der Waals surface area contributed by atoms with Gasteiger partial charge in [-0.3, -0.25) is 4.98 Å². The van der Waals surface area contributed by atoms with Gasteiger partial charge in [-0.15, -0.1) is 0 Å². The van der Waals surface area contributed by atoms with E-state index < -0.39 is 11.2 Å². The minimum atomic E-state index is -1.04. The molecule has 1 unspecified atom stereocenters. The summed E-state index contributed by atoms with van der Waals surface area (Å²) in [6, 6.07) is 13.0. The molecule has 1 spiro atoms. The largest absolute Gasteiger partial charge is 0.612 e. The fraction of sp³-hybridized carbons (Fsp3) is 0.250. The first kappa shape index (κ1) is 15.8. The highest BCUT2D eigenvalue weighted by atomic mass is 32.2. The standard InChI is InChI=1S/C20H17N4OS/c1-26(25)15-6-9-21-17(10-15)14-11-22-19(23-12-14)24-13-20(7-8-20)16-4-2-3-5-18(16)24/h2,4-6,9-12H,7-8,13H2,1H3. The summed E-state index contributed by atoms with van der Waals surface area (Å²) >= 11 is -1.04. The first-order valence-corrected chi connectivity index (χ1v) is 10.1. The van der Waals surface area contributed by atoms with Crippen LogP contribution in [-0.2, 0) is 16.6 Å². The van der Waals surface area contributed by atoms with Gasteiger partial charge in [0, 0.05) is 53.9 Å². The van der Waals surface area contributed by atoms with Gasteiger partial charge < -0.3 is 9.45 Å². The van der Waals surface area contributed by atoms with Gasteiger partial charge in [0.1, 0.15) is 6.26 Å². The second kappa shape index (κ2) is 5.79. The van der Waals surface area contributed by atoms with Crippen molar-refractivity contribution in [2.24, 2.45) is 0 Å². The molecule has 6 heteroatoms. The molecule has 1 aliphatic carbocycles. The van der Waals surface area contributed by atoms with Gasteiger partial charge >= 0.3 is 0 Å². The van der Waals surface area contributed by atoms with Crippen LogP contribution in [0, 0.1) is 6.07 Å². The second-order valence-corrected chi connectivity index (χ2v) is 8.29. The molecule has 3 aromatic rings. The molecule has 1 atom stereocenters. The number of anilines is 2. The molecule has 0 N–H and O–H groups in total. The highest BCUT2D eigenvalue weighted by Gasteiger charge is 2.52. The molecular formula is C20H17N4OS. The summed E-state index contributed by atoms with van der Waals surface area (Å²) in [7, 11) is 0. The van der Waals surface area contributed by atoms with Crippen LogP contribution in [0.25, 0.3) is 11.3 Å². The number of aromatic nitrogens is 3. The predicted octanol–water partition coefficient (Wildman–Crippen LogP) is 3.26. The molecule has 1 aliphatic heterocycles. The van der Waals surface area contributed by atoms with E-state index in [2.05, 4.69) is 32.0 Å². The summed E-state index contributed by atoms with van der Waals surface area (Å²) in [4.78, 5) is 16.5. The zero-order chi connectivity index (χ0) is 17.7. The molecule has 1 fully saturated rings. The SMILES string of the molecule is C[S+]([O-])c1ccnc(-c2cnc(N3CC4(CC4)c4cc[c]cc43)nc2)c1. The van der Waals surface area contributed by atoms with Gasteiger partial charge in [-0.25, -0.2) is 9.97 Å². The van der Waals surface area contributed by atoms with E-state index in [0.29, 0.717) is 5.95 Å². The average molecular weight is 361 g/mol. The molecular weight excluding hydrogens is 344 g/mol. The van der Waals surface area contributed by atoms with E-state index in [9.17, 15) is 4.55 Å². The highest BCUT2D eigenvalue weighted by molar-refractivity contribution is 7.90. The summed E-state index contributed by atoms with van der Waals surface area (Å²) in [5, 5.41) is 0. The van der Waals surface area contributed by atoms with Gasteiger partial charge in [-0.1, -0.05) is 12.1 Å². The predicted molar refractivity (Wildman–Crippen MR) is 101 cm³/mol. The van der Waals surface area contributed by atoms with Crippen molar-refractivity contribution in [2.45, 2.75) is 23.2 Å². The summed E-state index contributed by atoms with van der Waals surface area (Å²) in [5.74, 6) is 0.702. The van der Waals surface area contributed by atoms with Crippen LogP contribution in [-0.4, -0.2) is 32.3 Å². The molecule has 0 bridgehead atoms. The Morgan fingerprint density at radius 2 is 2.00 bits per heavy atom. The molecule has 0 amide bonds. The molecule has 5 rings (SSSR count). The maximum Gasteiger partial charge on any atom is 0.229 e. The minimum Gasteiger partial charge on any atom is -0.612 e. The van der Waals surface area contributed by atoms with Gasteiger partial charge in [0.25, 0.3) is 0 Å². The monoisotopic (exact) mass is 361 g/mol. The van der Waals surface area contributed by atoms with Gasteiger partial charge in [0.15, 0.2) is 4.90 Å². The number of pyridine rings is 1. The number of hydrogen-bond acceptors (Lipinski definition) is 5. The molecule has 1 saturated carbocycles. The number of nitrogens with zero attached hydrogens (tertiary/aromatic N) is 4. The minimum absolute atomic E-state index is 0.285. The van der Waals surface area contributed by atoms with Gasteiger partial charge in [0.2, 0.25) is 5.95 Å². The smallest absolute Gasteiger partial charge is 0.229 e. The van der Waals surface area contributed by atoms with Crippen LogP contribution in [0.1, 0.15) is 18.4 Å². The van der Waals surface area contributed by atoms with Crippen molar-refractivity contribution >= 4 is 22.8 Å². The topological polar surface area (TPSA) is 65.0 Å². The summed E-state index contributed by atoms with van der Waals surface area (Å²) in [6.45, 7) is 0.933. The number of benzene rings is 1. The lowest BCUT2D eigenvalue weighted by atomic mass is 9.99. The van der Waals surface area contributed by atoms with E-state index in [1.165, 1.54) is 24.1 Å². The fourth-order valence-electron chi connectivity index (χ4n) is 3.66. The van der Waals surface area contributed by atoms with Gasteiger partial charge in [0.05, 0.1) is 5.69 Å². The second-order valence-electron chi connectivity index (χ2n) is 6.91. The Hall–Kier alpha value is -2.44. The van der Waals surface area contributed by atoms with Crippen molar-refractivity contribution < 1.29 is 4.55 Å². The molecule has 1 aromatic carbocycles. The highest BCUT2D eigenvalue weighted by Crippen LogP contribution is 2.57. The van der Waals surface area contributed by atoms with E-state index in [-0.39, 0.29) is 5.41 Å². The first-order chi connectivity index (χ1) is 12.7. The van der Waals surface area contributed by atoms with E-state index in [0.717, 1.165) is 22.7 Å². The molecule has 3 heterocycles. The Bertz CT molecular complexity index is 970. The average Bonchev–Trinajstić information content (AvgIpc) is 3.39. The first-order valence-electron chi connectivity index (χ1n) is 8.56. The number of rotatable bonds is 3. The maximum atomic E-state index is 11.7. The van der Waals surface area contributed by atoms with Crippen LogP contribution in [0.2, 0.25) is 0 Å².